The van der Waals surface area contributed by atoms with Gasteiger partial charge in [0.25, 0.3) is 5.91 Å². The number of rotatable bonds is 6. The predicted octanol–water partition coefficient (Wildman–Crippen LogP) is 1.78. The number of carbonyl (C=O) groups is 1. The molecule has 1 amide bonds. The van der Waals surface area contributed by atoms with Gasteiger partial charge in [0.15, 0.2) is 0 Å². The lowest BCUT2D eigenvalue weighted by Gasteiger charge is -2.06. The molecule has 7 heteroatoms. The first kappa shape index (κ1) is 14.5. The van der Waals surface area contributed by atoms with Gasteiger partial charge in [0.1, 0.15) is 17.3 Å². The van der Waals surface area contributed by atoms with Gasteiger partial charge in [-0.15, -0.1) is 0 Å². The van der Waals surface area contributed by atoms with Crippen LogP contribution in [0.1, 0.15) is 35.2 Å². The smallest absolute Gasteiger partial charge is 0.251 e. The summed E-state index contributed by atoms with van der Waals surface area (Å²) in [6, 6.07) is 3.34. The highest BCUT2D eigenvalue weighted by Gasteiger charge is 2.08. The van der Waals surface area contributed by atoms with Crippen LogP contribution in [0.25, 0.3) is 0 Å². The fourth-order valence-corrected chi connectivity index (χ4v) is 2.00. The second-order valence-electron chi connectivity index (χ2n) is 4.32. The second kappa shape index (κ2) is 7.00. The molecule has 0 aliphatic heterocycles. The first-order valence-corrected chi connectivity index (χ1v) is 6.85. The van der Waals surface area contributed by atoms with Crippen molar-refractivity contribution in [1.29, 1.82) is 0 Å². The summed E-state index contributed by atoms with van der Waals surface area (Å²) < 4.78 is 0. The molecule has 0 fully saturated rings. The van der Waals surface area contributed by atoms with E-state index in [1.165, 1.54) is 6.33 Å². The molecule has 0 unspecified atom stereocenters. The number of aryl methyl sites for hydroxylation is 2. The number of carbonyl (C=O) groups excluding carboxylic acids is 1. The third kappa shape index (κ3) is 4.03. The van der Waals surface area contributed by atoms with Gasteiger partial charge in [-0.25, -0.2) is 9.97 Å². The monoisotopic (exact) mass is 293 g/mol. The molecule has 0 saturated carbocycles. The Bertz CT molecular complexity index is 570. The molecule has 2 aromatic rings. The van der Waals surface area contributed by atoms with Crippen LogP contribution in [-0.2, 0) is 12.8 Å². The van der Waals surface area contributed by atoms with Crippen LogP contribution in [0.15, 0.2) is 18.5 Å². The Labute approximate surface area is 122 Å². The van der Waals surface area contributed by atoms with Crippen LogP contribution in [0.2, 0.25) is 5.15 Å². The van der Waals surface area contributed by atoms with E-state index in [9.17, 15) is 4.79 Å². The number of aromatic amines is 1. The van der Waals surface area contributed by atoms with Gasteiger partial charge in [-0.1, -0.05) is 18.5 Å². The standard InChI is InChI=1S/C13H16ClN5O/c1-2-10-6-9(7-11(14)18-10)13(20)15-5-3-4-12-16-8-17-19-12/h6-8H,2-5H2,1H3,(H,15,20)(H,16,17,19). The molecule has 0 aliphatic rings. The van der Waals surface area contributed by atoms with Gasteiger partial charge >= 0.3 is 0 Å². The number of nitrogens with one attached hydrogen (secondary N) is 2. The van der Waals surface area contributed by atoms with Gasteiger partial charge in [-0.3, -0.25) is 9.89 Å². The Morgan fingerprint density at radius 3 is 3.00 bits per heavy atom. The summed E-state index contributed by atoms with van der Waals surface area (Å²) in [5.41, 5.74) is 1.35. The Balaban J connectivity index is 1.83. The van der Waals surface area contributed by atoms with Gasteiger partial charge < -0.3 is 5.32 Å². The predicted molar refractivity (Wildman–Crippen MR) is 75.7 cm³/mol. The van der Waals surface area contributed by atoms with E-state index in [0.29, 0.717) is 17.3 Å². The summed E-state index contributed by atoms with van der Waals surface area (Å²) in [4.78, 5) is 20.1. The Kier molecular flexibility index (Phi) is 5.06. The van der Waals surface area contributed by atoms with Gasteiger partial charge in [0.2, 0.25) is 0 Å². The van der Waals surface area contributed by atoms with Crippen LogP contribution in [0.3, 0.4) is 0 Å². The van der Waals surface area contributed by atoms with Gasteiger partial charge in [-0.2, -0.15) is 5.10 Å². The zero-order valence-electron chi connectivity index (χ0n) is 11.2. The average molecular weight is 294 g/mol. The molecule has 2 aromatic heterocycles. The molecule has 0 atom stereocenters. The largest absolute Gasteiger partial charge is 0.352 e. The van der Waals surface area contributed by atoms with Crippen molar-refractivity contribution < 1.29 is 4.79 Å². The van der Waals surface area contributed by atoms with E-state index in [1.54, 1.807) is 12.1 Å². The lowest BCUT2D eigenvalue weighted by atomic mass is 10.2. The SMILES string of the molecule is CCc1cc(C(=O)NCCCc2ncn[nH]2)cc(Cl)n1. The molecule has 6 nitrogen and oxygen atoms in total. The Morgan fingerprint density at radius 2 is 2.30 bits per heavy atom. The van der Waals surface area contributed by atoms with Crippen LogP contribution in [0.4, 0.5) is 0 Å². The highest BCUT2D eigenvalue weighted by Crippen LogP contribution is 2.11. The number of hydrogen-bond donors (Lipinski definition) is 2. The number of nitrogens with zero attached hydrogens (tertiary/aromatic N) is 3. The van der Waals surface area contributed by atoms with Crippen molar-refractivity contribution in [2.45, 2.75) is 26.2 Å². The summed E-state index contributed by atoms with van der Waals surface area (Å²) in [7, 11) is 0. The summed E-state index contributed by atoms with van der Waals surface area (Å²) in [5, 5.41) is 9.74. The normalized spacial score (nSPS) is 10.5. The fraction of sp³-hybridized carbons (Fsp3) is 0.385. The van der Waals surface area contributed by atoms with Crippen molar-refractivity contribution in [3.63, 3.8) is 0 Å². The molecule has 2 N–H and O–H groups in total. The van der Waals surface area contributed by atoms with E-state index in [1.807, 2.05) is 6.92 Å². The molecule has 0 aliphatic carbocycles. The lowest BCUT2D eigenvalue weighted by Crippen LogP contribution is -2.25. The van der Waals surface area contributed by atoms with Crippen molar-refractivity contribution in [3.05, 3.63) is 40.7 Å². The summed E-state index contributed by atoms with van der Waals surface area (Å²) in [6.45, 7) is 2.54. The first-order chi connectivity index (χ1) is 9.69. The van der Waals surface area contributed by atoms with Crippen molar-refractivity contribution in [2.24, 2.45) is 0 Å². The molecule has 2 heterocycles. The Morgan fingerprint density at radius 1 is 1.45 bits per heavy atom. The van der Waals surface area contributed by atoms with E-state index >= 15 is 0 Å². The molecule has 0 aromatic carbocycles. The number of H-pyrrole nitrogens is 1. The van der Waals surface area contributed by atoms with Gasteiger partial charge in [-0.05, 0) is 25.0 Å². The third-order valence-corrected chi connectivity index (χ3v) is 3.01. The summed E-state index contributed by atoms with van der Waals surface area (Å²) >= 11 is 5.89. The molecule has 20 heavy (non-hydrogen) atoms. The van der Waals surface area contributed by atoms with Crippen LogP contribution in [0, 0.1) is 0 Å². The van der Waals surface area contributed by atoms with Crippen molar-refractivity contribution >= 4 is 17.5 Å². The van der Waals surface area contributed by atoms with Crippen molar-refractivity contribution in [3.8, 4) is 0 Å². The zero-order valence-corrected chi connectivity index (χ0v) is 11.9. The molecular weight excluding hydrogens is 278 g/mol. The number of hydrogen-bond acceptors (Lipinski definition) is 4. The van der Waals surface area contributed by atoms with E-state index < -0.39 is 0 Å². The number of amides is 1. The van der Waals surface area contributed by atoms with Crippen molar-refractivity contribution in [2.75, 3.05) is 6.54 Å². The maximum atomic E-state index is 12.0. The maximum Gasteiger partial charge on any atom is 0.251 e. The molecule has 0 radical (unpaired) electrons. The zero-order chi connectivity index (χ0) is 14.4. The summed E-state index contributed by atoms with van der Waals surface area (Å²) in [5.74, 6) is 0.682. The minimum atomic E-state index is -0.137. The average Bonchev–Trinajstić information content (AvgIpc) is 2.95. The minimum absolute atomic E-state index is 0.137. The molecule has 2 rings (SSSR count). The second-order valence-corrected chi connectivity index (χ2v) is 4.70. The fourth-order valence-electron chi connectivity index (χ4n) is 1.77. The Hall–Kier alpha value is -1.95. The topological polar surface area (TPSA) is 83.6 Å². The molecular formula is C13H16ClN5O. The van der Waals surface area contributed by atoms with Crippen molar-refractivity contribution in [1.82, 2.24) is 25.5 Å². The number of halogens is 1. The van der Waals surface area contributed by atoms with E-state index in [2.05, 4.69) is 25.5 Å². The van der Waals surface area contributed by atoms with Crippen LogP contribution in [-0.4, -0.2) is 32.6 Å². The van der Waals surface area contributed by atoms with Gasteiger partial charge in [0.05, 0.1) is 0 Å². The maximum absolute atomic E-state index is 12.0. The number of pyridine rings is 1. The van der Waals surface area contributed by atoms with Crippen LogP contribution in [0.5, 0.6) is 0 Å². The first-order valence-electron chi connectivity index (χ1n) is 6.48. The third-order valence-electron chi connectivity index (χ3n) is 2.81. The van der Waals surface area contributed by atoms with E-state index in [0.717, 1.165) is 30.8 Å². The van der Waals surface area contributed by atoms with E-state index in [-0.39, 0.29) is 5.91 Å². The van der Waals surface area contributed by atoms with Crippen LogP contribution < -0.4 is 5.32 Å². The van der Waals surface area contributed by atoms with Gasteiger partial charge in [0, 0.05) is 24.2 Å². The highest BCUT2D eigenvalue weighted by molar-refractivity contribution is 6.29. The quantitative estimate of drug-likeness (QED) is 0.628. The van der Waals surface area contributed by atoms with E-state index in [4.69, 9.17) is 11.6 Å². The molecule has 106 valence electrons. The molecule has 0 saturated heterocycles. The molecule has 0 spiro atoms. The highest BCUT2D eigenvalue weighted by atomic mass is 35.5. The van der Waals surface area contributed by atoms with Crippen LogP contribution >= 0.6 is 11.6 Å². The number of aromatic nitrogens is 4. The molecule has 0 bridgehead atoms. The lowest BCUT2D eigenvalue weighted by molar-refractivity contribution is 0.0953. The minimum Gasteiger partial charge on any atom is -0.352 e. The summed E-state index contributed by atoms with van der Waals surface area (Å²) in [6.07, 6.45) is 3.75.